The number of hydrogen-bond acceptors (Lipinski definition) is 3. The van der Waals surface area contributed by atoms with Gasteiger partial charge in [0.05, 0.1) is 19.0 Å². The van der Waals surface area contributed by atoms with Crippen LogP contribution in [0.1, 0.15) is 23.8 Å². The lowest BCUT2D eigenvalue weighted by Crippen LogP contribution is -2.16. The van der Waals surface area contributed by atoms with E-state index in [1.54, 1.807) is 6.26 Å². The van der Waals surface area contributed by atoms with Gasteiger partial charge in [0, 0.05) is 12.6 Å². The number of hydrogen-bond donors (Lipinski definition) is 0. The Balaban J connectivity index is 1.63. The summed E-state index contributed by atoms with van der Waals surface area (Å²) in [5.41, 5.74) is 1.18. The Kier molecular flexibility index (Phi) is 3.24. The molecule has 1 aliphatic rings. The van der Waals surface area contributed by atoms with Crippen LogP contribution >= 0.6 is 0 Å². The lowest BCUT2D eigenvalue weighted by Gasteiger charge is -2.17. The van der Waals surface area contributed by atoms with Gasteiger partial charge in [-0.25, -0.2) is 0 Å². The highest BCUT2D eigenvalue weighted by Gasteiger charge is 2.28. The molecule has 1 aliphatic heterocycles. The summed E-state index contributed by atoms with van der Waals surface area (Å²) >= 11 is 0. The second-order valence-electron chi connectivity index (χ2n) is 4.36. The zero-order chi connectivity index (χ0) is 12.2. The summed E-state index contributed by atoms with van der Waals surface area (Å²) in [7, 11) is 0. The summed E-state index contributed by atoms with van der Waals surface area (Å²) in [5, 5.41) is 0. The summed E-state index contributed by atoms with van der Waals surface area (Å²) in [6.07, 6.45) is 4.52. The van der Waals surface area contributed by atoms with E-state index in [1.165, 1.54) is 5.56 Å². The summed E-state index contributed by atoms with van der Waals surface area (Å²) in [6.45, 7) is 0.617. The highest BCUT2D eigenvalue weighted by atomic mass is 16.5. The number of furan rings is 1. The molecule has 92 valence electrons. The number of rotatable bonds is 4. The quantitative estimate of drug-likeness (QED) is 0.822. The average molecular weight is 241 g/mol. The molecular weight excluding hydrogens is 226 g/mol. The van der Waals surface area contributed by atoms with E-state index in [0.717, 1.165) is 12.2 Å². The molecule has 0 fully saturated rings. The van der Waals surface area contributed by atoms with E-state index in [9.17, 15) is 0 Å². The first-order valence-electron chi connectivity index (χ1n) is 6.14. The third-order valence-corrected chi connectivity index (χ3v) is 3.10. The third-order valence-electron chi connectivity index (χ3n) is 3.10. The summed E-state index contributed by atoms with van der Waals surface area (Å²) < 4.78 is 11.3. The molecule has 0 bridgehead atoms. The van der Waals surface area contributed by atoms with Crippen LogP contribution < -0.4 is 0 Å². The first-order valence-corrected chi connectivity index (χ1v) is 6.14. The normalized spacial score (nSPS) is 22.4. The van der Waals surface area contributed by atoms with E-state index in [2.05, 4.69) is 17.1 Å². The molecule has 0 radical (unpaired) electrons. The predicted molar refractivity (Wildman–Crippen MR) is 69.6 cm³/mol. The van der Waals surface area contributed by atoms with Crippen LogP contribution in [0, 0.1) is 0 Å². The van der Waals surface area contributed by atoms with Crippen molar-refractivity contribution in [2.45, 2.75) is 25.2 Å². The SMILES string of the molecule is C1=NC(c2ccco2)C(OCc2ccccc2)C1. The topological polar surface area (TPSA) is 34.7 Å². The molecule has 0 aliphatic carbocycles. The molecule has 3 nitrogen and oxygen atoms in total. The molecule has 2 heterocycles. The van der Waals surface area contributed by atoms with Crippen LogP contribution in [-0.2, 0) is 11.3 Å². The van der Waals surface area contributed by atoms with Gasteiger partial charge in [0.2, 0.25) is 0 Å². The minimum atomic E-state index is 0.00344. The number of benzene rings is 1. The molecule has 0 amide bonds. The van der Waals surface area contributed by atoms with E-state index in [4.69, 9.17) is 9.15 Å². The van der Waals surface area contributed by atoms with E-state index in [-0.39, 0.29) is 12.1 Å². The zero-order valence-corrected chi connectivity index (χ0v) is 10.0. The molecule has 2 aromatic rings. The smallest absolute Gasteiger partial charge is 0.134 e. The van der Waals surface area contributed by atoms with Gasteiger partial charge in [0.1, 0.15) is 11.8 Å². The minimum absolute atomic E-state index is 0.00344. The molecule has 3 heteroatoms. The molecule has 2 unspecified atom stereocenters. The van der Waals surface area contributed by atoms with Gasteiger partial charge in [0.25, 0.3) is 0 Å². The van der Waals surface area contributed by atoms with Crippen molar-refractivity contribution in [3.05, 3.63) is 60.1 Å². The zero-order valence-electron chi connectivity index (χ0n) is 10.0. The lowest BCUT2D eigenvalue weighted by atomic mass is 10.1. The van der Waals surface area contributed by atoms with Gasteiger partial charge in [-0.1, -0.05) is 30.3 Å². The molecule has 3 rings (SSSR count). The van der Waals surface area contributed by atoms with Crippen molar-refractivity contribution in [2.75, 3.05) is 0 Å². The van der Waals surface area contributed by atoms with Crippen molar-refractivity contribution in [3.8, 4) is 0 Å². The van der Waals surface area contributed by atoms with Crippen molar-refractivity contribution >= 4 is 6.21 Å². The van der Waals surface area contributed by atoms with Crippen molar-refractivity contribution in [1.29, 1.82) is 0 Å². The largest absolute Gasteiger partial charge is 0.467 e. The van der Waals surface area contributed by atoms with E-state index in [1.807, 2.05) is 36.5 Å². The van der Waals surface area contributed by atoms with Crippen LogP contribution in [0.2, 0.25) is 0 Å². The van der Waals surface area contributed by atoms with Crippen molar-refractivity contribution in [1.82, 2.24) is 0 Å². The van der Waals surface area contributed by atoms with E-state index >= 15 is 0 Å². The second kappa shape index (κ2) is 5.19. The Morgan fingerprint density at radius 1 is 1.17 bits per heavy atom. The third kappa shape index (κ3) is 2.36. The molecule has 0 spiro atoms. The number of nitrogens with zero attached hydrogens (tertiary/aromatic N) is 1. The van der Waals surface area contributed by atoms with E-state index < -0.39 is 0 Å². The van der Waals surface area contributed by atoms with Gasteiger partial charge >= 0.3 is 0 Å². The van der Waals surface area contributed by atoms with Crippen LogP contribution in [0.5, 0.6) is 0 Å². The predicted octanol–water partition coefficient (Wildman–Crippen LogP) is 3.38. The molecule has 1 aromatic carbocycles. The number of aliphatic imine (C=N–C) groups is 1. The fourth-order valence-electron chi connectivity index (χ4n) is 2.16. The molecular formula is C15H15NO2. The van der Waals surface area contributed by atoms with Crippen LogP contribution in [0.25, 0.3) is 0 Å². The average Bonchev–Trinajstić information content (AvgIpc) is 3.08. The first-order chi connectivity index (χ1) is 8.93. The lowest BCUT2D eigenvalue weighted by molar-refractivity contribution is 0.0307. The van der Waals surface area contributed by atoms with Crippen molar-refractivity contribution in [2.24, 2.45) is 4.99 Å². The van der Waals surface area contributed by atoms with Crippen LogP contribution in [0.3, 0.4) is 0 Å². The maximum Gasteiger partial charge on any atom is 0.134 e. The molecule has 2 atom stereocenters. The monoisotopic (exact) mass is 241 g/mol. The second-order valence-corrected chi connectivity index (χ2v) is 4.36. The highest BCUT2D eigenvalue weighted by molar-refractivity contribution is 5.61. The first kappa shape index (κ1) is 11.2. The minimum Gasteiger partial charge on any atom is -0.467 e. The van der Waals surface area contributed by atoms with Crippen LogP contribution in [-0.4, -0.2) is 12.3 Å². The summed E-state index contributed by atoms with van der Waals surface area (Å²) in [6, 6.07) is 14.0. The fraction of sp³-hybridized carbons (Fsp3) is 0.267. The van der Waals surface area contributed by atoms with Gasteiger partial charge in [-0.3, -0.25) is 4.99 Å². The highest BCUT2D eigenvalue weighted by Crippen LogP contribution is 2.30. The molecule has 0 N–H and O–H groups in total. The van der Waals surface area contributed by atoms with Gasteiger partial charge in [-0.15, -0.1) is 0 Å². The van der Waals surface area contributed by atoms with Gasteiger partial charge in [-0.05, 0) is 17.7 Å². The Morgan fingerprint density at radius 2 is 2.06 bits per heavy atom. The Hall–Kier alpha value is -1.87. The summed E-state index contributed by atoms with van der Waals surface area (Å²) in [5.74, 6) is 0.877. The van der Waals surface area contributed by atoms with Gasteiger partial charge in [-0.2, -0.15) is 0 Å². The Labute approximate surface area is 106 Å². The van der Waals surface area contributed by atoms with Gasteiger partial charge in [0.15, 0.2) is 0 Å². The summed E-state index contributed by atoms with van der Waals surface area (Å²) in [4.78, 5) is 4.43. The Morgan fingerprint density at radius 3 is 2.83 bits per heavy atom. The molecule has 0 saturated heterocycles. The molecule has 18 heavy (non-hydrogen) atoms. The standard InChI is InChI=1S/C15H15NO2/c1-2-5-12(6-3-1)11-18-14-8-9-16-15(14)13-7-4-10-17-13/h1-7,9-10,14-15H,8,11H2. The molecule has 0 saturated carbocycles. The maximum absolute atomic E-state index is 5.94. The van der Waals surface area contributed by atoms with Crippen LogP contribution in [0.15, 0.2) is 58.1 Å². The number of ether oxygens (including phenoxy) is 1. The van der Waals surface area contributed by atoms with Crippen molar-refractivity contribution < 1.29 is 9.15 Å². The molecule has 1 aromatic heterocycles. The maximum atomic E-state index is 5.94. The van der Waals surface area contributed by atoms with Gasteiger partial charge < -0.3 is 9.15 Å². The van der Waals surface area contributed by atoms with E-state index in [0.29, 0.717) is 6.61 Å². The fourth-order valence-corrected chi connectivity index (χ4v) is 2.16. The Bertz CT molecular complexity index is 505. The van der Waals surface area contributed by atoms with Crippen molar-refractivity contribution in [3.63, 3.8) is 0 Å². The van der Waals surface area contributed by atoms with Crippen LogP contribution in [0.4, 0.5) is 0 Å².